The summed E-state index contributed by atoms with van der Waals surface area (Å²) in [5.41, 5.74) is 8.49. The Kier molecular flexibility index (Phi) is 4.87. The molecule has 0 fully saturated rings. The van der Waals surface area contributed by atoms with Crippen molar-refractivity contribution < 1.29 is 4.79 Å². The summed E-state index contributed by atoms with van der Waals surface area (Å²) < 4.78 is 0. The Bertz CT molecular complexity index is 832. The minimum Gasteiger partial charge on any atom is -0.370 e. The van der Waals surface area contributed by atoms with E-state index in [-0.39, 0.29) is 18.4 Å². The van der Waals surface area contributed by atoms with Crippen LogP contribution in [0.3, 0.4) is 0 Å². The zero-order valence-corrected chi connectivity index (χ0v) is 13.7. The molecule has 3 aromatic rings. The summed E-state index contributed by atoms with van der Waals surface area (Å²) in [6.45, 7) is 0.650. The van der Waals surface area contributed by atoms with Crippen molar-refractivity contribution in [1.82, 2.24) is 9.88 Å². The SMILES string of the molecule is CN(Cc1ccc2ccccc2n1)C(CC(N)=O)c1ccccc1. The molecule has 2 N–H and O–H groups in total. The Balaban J connectivity index is 1.83. The third-order valence-electron chi connectivity index (χ3n) is 4.18. The number of carbonyl (C=O) groups excluding carboxylic acids is 1. The first-order chi connectivity index (χ1) is 11.6. The lowest BCUT2D eigenvalue weighted by Crippen LogP contribution is -2.29. The zero-order valence-electron chi connectivity index (χ0n) is 13.7. The van der Waals surface area contributed by atoms with E-state index in [1.807, 2.05) is 61.6 Å². The third-order valence-corrected chi connectivity index (χ3v) is 4.18. The van der Waals surface area contributed by atoms with Gasteiger partial charge >= 0.3 is 0 Å². The van der Waals surface area contributed by atoms with Gasteiger partial charge in [0.2, 0.25) is 5.91 Å². The van der Waals surface area contributed by atoms with Crippen molar-refractivity contribution in [3.63, 3.8) is 0 Å². The molecule has 24 heavy (non-hydrogen) atoms. The van der Waals surface area contributed by atoms with Crippen LogP contribution >= 0.6 is 0 Å². The standard InChI is InChI=1S/C20H21N3O/c1-23(19(13-20(21)24)16-8-3-2-4-9-16)14-17-12-11-15-7-5-6-10-18(15)22-17/h2-12,19H,13-14H2,1H3,(H2,21,24). The van der Waals surface area contributed by atoms with Crippen molar-refractivity contribution >= 4 is 16.8 Å². The molecule has 1 aromatic heterocycles. The molecule has 1 heterocycles. The molecule has 2 aromatic carbocycles. The summed E-state index contributed by atoms with van der Waals surface area (Å²) in [6, 6.07) is 22.1. The highest BCUT2D eigenvalue weighted by Gasteiger charge is 2.19. The van der Waals surface area contributed by atoms with E-state index in [9.17, 15) is 4.79 Å². The predicted molar refractivity (Wildman–Crippen MR) is 96.2 cm³/mol. The van der Waals surface area contributed by atoms with Gasteiger partial charge in [0.1, 0.15) is 0 Å². The van der Waals surface area contributed by atoms with Crippen LogP contribution in [0.4, 0.5) is 0 Å². The number of amides is 1. The molecule has 4 heteroatoms. The van der Waals surface area contributed by atoms with Gasteiger partial charge in [-0.25, -0.2) is 0 Å². The Morgan fingerprint density at radius 1 is 1.04 bits per heavy atom. The molecule has 0 aliphatic rings. The van der Waals surface area contributed by atoms with Crippen LogP contribution in [0.2, 0.25) is 0 Å². The number of para-hydroxylation sites is 1. The molecule has 0 spiro atoms. The van der Waals surface area contributed by atoms with Crippen molar-refractivity contribution in [3.8, 4) is 0 Å². The van der Waals surface area contributed by atoms with Gasteiger partial charge in [0.05, 0.1) is 11.2 Å². The first-order valence-corrected chi connectivity index (χ1v) is 8.01. The molecule has 0 saturated carbocycles. The van der Waals surface area contributed by atoms with Gasteiger partial charge in [0, 0.05) is 24.4 Å². The minimum absolute atomic E-state index is 0.0584. The maximum Gasteiger partial charge on any atom is 0.219 e. The van der Waals surface area contributed by atoms with Crippen molar-refractivity contribution in [3.05, 3.63) is 78.0 Å². The Morgan fingerprint density at radius 2 is 1.75 bits per heavy atom. The molecular weight excluding hydrogens is 298 g/mol. The van der Waals surface area contributed by atoms with Crippen LogP contribution in [0.15, 0.2) is 66.7 Å². The number of fused-ring (bicyclic) bond motifs is 1. The molecule has 0 aliphatic carbocycles. The number of nitrogens with two attached hydrogens (primary N) is 1. The average Bonchev–Trinajstić information content (AvgIpc) is 2.60. The Morgan fingerprint density at radius 3 is 2.50 bits per heavy atom. The summed E-state index contributed by atoms with van der Waals surface area (Å²) in [7, 11) is 2.00. The van der Waals surface area contributed by atoms with Gasteiger partial charge in [0.25, 0.3) is 0 Å². The van der Waals surface area contributed by atoms with E-state index in [4.69, 9.17) is 10.7 Å². The van der Waals surface area contributed by atoms with Crippen LogP contribution in [-0.4, -0.2) is 22.8 Å². The molecule has 3 rings (SSSR count). The van der Waals surface area contributed by atoms with E-state index < -0.39 is 0 Å². The van der Waals surface area contributed by atoms with Crippen LogP contribution in [0.5, 0.6) is 0 Å². The summed E-state index contributed by atoms with van der Waals surface area (Å²) >= 11 is 0. The van der Waals surface area contributed by atoms with Gasteiger partial charge in [-0.3, -0.25) is 14.7 Å². The number of nitrogens with zero attached hydrogens (tertiary/aromatic N) is 2. The molecule has 0 aliphatic heterocycles. The average molecular weight is 319 g/mol. The Hall–Kier alpha value is -2.72. The van der Waals surface area contributed by atoms with Gasteiger partial charge in [0.15, 0.2) is 0 Å². The Labute approximate surface area is 141 Å². The summed E-state index contributed by atoms with van der Waals surface area (Å²) in [5.74, 6) is -0.304. The van der Waals surface area contributed by atoms with E-state index in [0.29, 0.717) is 6.54 Å². The van der Waals surface area contributed by atoms with Gasteiger partial charge in [-0.1, -0.05) is 54.6 Å². The molecule has 4 nitrogen and oxygen atoms in total. The molecule has 0 bridgehead atoms. The number of primary amides is 1. The van der Waals surface area contributed by atoms with Gasteiger partial charge in [-0.05, 0) is 24.7 Å². The number of hydrogen-bond donors (Lipinski definition) is 1. The van der Waals surface area contributed by atoms with Crippen LogP contribution in [0.1, 0.15) is 23.7 Å². The maximum atomic E-state index is 11.5. The van der Waals surface area contributed by atoms with Crippen LogP contribution in [0.25, 0.3) is 10.9 Å². The third kappa shape index (κ3) is 3.78. The number of pyridine rings is 1. The van der Waals surface area contributed by atoms with E-state index in [2.05, 4.69) is 17.0 Å². The van der Waals surface area contributed by atoms with Crippen molar-refractivity contribution in [2.45, 2.75) is 19.0 Å². The second-order valence-corrected chi connectivity index (χ2v) is 6.01. The monoisotopic (exact) mass is 319 g/mol. The van der Waals surface area contributed by atoms with Crippen molar-refractivity contribution in [1.29, 1.82) is 0 Å². The van der Waals surface area contributed by atoms with Crippen LogP contribution in [-0.2, 0) is 11.3 Å². The van der Waals surface area contributed by atoms with E-state index >= 15 is 0 Å². The second-order valence-electron chi connectivity index (χ2n) is 6.01. The van der Waals surface area contributed by atoms with Crippen molar-refractivity contribution in [2.75, 3.05) is 7.05 Å². The minimum atomic E-state index is -0.304. The summed E-state index contributed by atoms with van der Waals surface area (Å²) in [6.07, 6.45) is 0.286. The molecular formula is C20H21N3O. The maximum absolute atomic E-state index is 11.5. The first-order valence-electron chi connectivity index (χ1n) is 8.01. The lowest BCUT2D eigenvalue weighted by Gasteiger charge is -2.27. The fourth-order valence-electron chi connectivity index (χ4n) is 2.96. The number of rotatable bonds is 6. The smallest absolute Gasteiger partial charge is 0.219 e. The molecule has 1 atom stereocenters. The lowest BCUT2D eigenvalue weighted by molar-refractivity contribution is -0.119. The molecule has 1 unspecified atom stereocenters. The highest BCUT2D eigenvalue weighted by atomic mass is 16.1. The van der Waals surface area contributed by atoms with E-state index in [0.717, 1.165) is 22.2 Å². The summed E-state index contributed by atoms with van der Waals surface area (Å²) in [5, 5.41) is 1.13. The van der Waals surface area contributed by atoms with Gasteiger partial charge in [-0.15, -0.1) is 0 Å². The highest BCUT2D eigenvalue weighted by molar-refractivity contribution is 5.78. The predicted octanol–water partition coefficient (Wildman–Crippen LogP) is 3.28. The van der Waals surface area contributed by atoms with Crippen LogP contribution < -0.4 is 5.73 Å². The highest BCUT2D eigenvalue weighted by Crippen LogP contribution is 2.24. The molecule has 0 saturated heterocycles. The normalized spacial score (nSPS) is 12.4. The first kappa shape index (κ1) is 16.1. The lowest BCUT2D eigenvalue weighted by atomic mass is 10.0. The van der Waals surface area contributed by atoms with Crippen molar-refractivity contribution in [2.24, 2.45) is 5.73 Å². The van der Waals surface area contributed by atoms with E-state index in [1.165, 1.54) is 0 Å². The van der Waals surface area contributed by atoms with Crippen LogP contribution in [0, 0.1) is 0 Å². The second kappa shape index (κ2) is 7.23. The fourth-order valence-corrected chi connectivity index (χ4v) is 2.96. The zero-order chi connectivity index (χ0) is 16.9. The molecule has 122 valence electrons. The number of benzene rings is 2. The van der Waals surface area contributed by atoms with E-state index in [1.54, 1.807) is 0 Å². The topological polar surface area (TPSA) is 59.2 Å². The fraction of sp³-hybridized carbons (Fsp3) is 0.200. The molecule has 0 radical (unpaired) electrons. The quantitative estimate of drug-likeness (QED) is 0.758. The number of hydrogen-bond acceptors (Lipinski definition) is 3. The largest absolute Gasteiger partial charge is 0.370 e. The molecule has 1 amide bonds. The summed E-state index contributed by atoms with van der Waals surface area (Å²) in [4.78, 5) is 18.3. The number of carbonyl (C=O) groups is 1. The van der Waals surface area contributed by atoms with Gasteiger partial charge in [-0.2, -0.15) is 0 Å². The number of aromatic nitrogens is 1. The van der Waals surface area contributed by atoms with Gasteiger partial charge < -0.3 is 5.73 Å².